The summed E-state index contributed by atoms with van der Waals surface area (Å²) in [6.07, 6.45) is 6.04. The van der Waals surface area contributed by atoms with Crippen molar-refractivity contribution in [2.24, 2.45) is 0 Å². The second kappa shape index (κ2) is 3.97. The lowest BCUT2D eigenvalue weighted by atomic mass is 9.86. The van der Waals surface area contributed by atoms with Crippen molar-refractivity contribution < 1.29 is 4.74 Å². The monoisotopic (exact) mass is 183 g/mol. The van der Waals surface area contributed by atoms with E-state index in [2.05, 4.69) is 18.7 Å². The van der Waals surface area contributed by atoms with Crippen LogP contribution in [0.1, 0.15) is 39.5 Å². The van der Waals surface area contributed by atoms with Crippen LogP contribution in [-0.4, -0.2) is 36.2 Å². The van der Waals surface area contributed by atoms with Crippen molar-refractivity contribution in [3.05, 3.63) is 0 Å². The highest BCUT2D eigenvalue weighted by Gasteiger charge is 2.36. The molecule has 1 aliphatic heterocycles. The van der Waals surface area contributed by atoms with Crippen molar-refractivity contribution in [2.75, 3.05) is 13.2 Å². The molecule has 1 saturated heterocycles. The molecule has 0 bridgehead atoms. The molecule has 0 spiro atoms. The number of hydrogen-bond acceptors (Lipinski definition) is 2. The third-order valence-electron chi connectivity index (χ3n) is 3.36. The molecule has 1 atom stereocenters. The van der Waals surface area contributed by atoms with Gasteiger partial charge in [0, 0.05) is 18.6 Å². The van der Waals surface area contributed by atoms with Gasteiger partial charge in [-0.15, -0.1) is 0 Å². The quantitative estimate of drug-likeness (QED) is 0.661. The molecule has 1 aliphatic carbocycles. The van der Waals surface area contributed by atoms with Crippen LogP contribution in [0.3, 0.4) is 0 Å². The minimum Gasteiger partial charge on any atom is -0.377 e. The summed E-state index contributed by atoms with van der Waals surface area (Å²) in [5.41, 5.74) is 0. The molecule has 2 rings (SSSR count). The summed E-state index contributed by atoms with van der Waals surface area (Å²) in [4.78, 5) is 2.64. The van der Waals surface area contributed by atoms with Crippen molar-refractivity contribution in [1.29, 1.82) is 0 Å². The van der Waals surface area contributed by atoms with Gasteiger partial charge in [0.15, 0.2) is 0 Å². The molecular weight excluding hydrogens is 162 g/mol. The Labute approximate surface area is 81.3 Å². The van der Waals surface area contributed by atoms with Gasteiger partial charge in [0.1, 0.15) is 0 Å². The largest absolute Gasteiger partial charge is 0.377 e. The zero-order valence-electron chi connectivity index (χ0n) is 8.83. The predicted molar refractivity (Wildman–Crippen MR) is 53.8 cm³/mol. The lowest BCUT2D eigenvalue weighted by molar-refractivity contribution is -0.0547. The minimum atomic E-state index is 0.392. The molecule has 0 aromatic heterocycles. The van der Waals surface area contributed by atoms with E-state index in [1.165, 1.54) is 32.2 Å². The second-order valence-electron chi connectivity index (χ2n) is 4.65. The third kappa shape index (κ3) is 2.05. The van der Waals surface area contributed by atoms with Crippen LogP contribution in [0, 0.1) is 0 Å². The molecule has 2 nitrogen and oxygen atoms in total. The molecule has 13 heavy (non-hydrogen) atoms. The Hall–Kier alpha value is -0.0800. The zero-order valence-corrected chi connectivity index (χ0v) is 8.83. The molecule has 2 aliphatic rings. The van der Waals surface area contributed by atoms with Crippen molar-refractivity contribution in [3.63, 3.8) is 0 Å². The van der Waals surface area contributed by atoms with E-state index in [0.717, 1.165) is 18.7 Å². The average Bonchev–Trinajstić information content (AvgIpc) is 1.93. The van der Waals surface area contributed by atoms with Crippen LogP contribution in [0.2, 0.25) is 0 Å². The van der Waals surface area contributed by atoms with E-state index in [1.54, 1.807) is 0 Å². The fourth-order valence-corrected chi connectivity index (χ4v) is 2.14. The molecule has 0 unspecified atom stereocenters. The molecule has 2 heteroatoms. The van der Waals surface area contributed by atoms with Gasteiger partial charge < -0.3 is 4.74 Å². The summed E-state index contributed by atoms with van der Waals surface area (Å²) in [6, 6.07) is 1.65. The van der Waals surface area contributed by atoms with Crippen molar-refractivity contribution in [2.45, 2.75) is 57.7 Å². The number of nitrogens with zero attached hydrogens (tertiary/aromatic N) is 1. The second-order valence-corrected chi connectivity index (χ2v) is 4.65. The van der Waals surface area contributed by atoms with Crippen LogP contribution < -0.4 is 0 Å². The van der Waals surface area contributed by atoms with E-state index in [9.17, 15) is 0 Å². The summed E-state index contributed by atoms with van der Waals surface area (Å²) in [6.45, 7) is 6.50. The maximum Gasteiger partial charge on any atom is 0.0625 e. The van der Waals surface area contributed by atoms with Crippen LogP contribution in [0.15, 0.2) is 0 Å². The Morgan fingerprint density at radius 3 is 2.46 bits per heavy atom. The minimum absolute atomic E-state index is 0.392. The van der Waals surface area contributed by atoms with Crippen molar-refractivity contribution in [3.8, 4) is 0 Å². The Morgan fingerprint density at radius 1 is 1.31 bits per heavy atom. The van der Waals surface area contributed by atoms with Gasteiger partial charge in [-0.2, -0.15) is 0 Å². The number of rotatable bonds is 4. The lowest BCUT2D eigenvalue weighted by Crippen LogP contribution is -2.57. The molecule has 1 heterocycles. The van der Waals surface area contributed by atoms with Gasteiger partial charge >= 0.3 is 0 Å². The van der Waals surface area contributed by atoms with E-state index in [-0.39, 0.29) is 0 Å². The Bertz CT molecular complexity index is 165. The average molecular weight is 183 g/mol. The maximum atomic E-state index is 5.65. The molecule has 2 fully saturated rings. The highest BCUT2D eigenvalue weighted by Crippen LogP contribution is 2.32. The van der Waals surface area contributed by atoms with Gasteiger partial charge in [0.2, 0.25) is 0 Å². The molecule has 0 radical (unpaired) electrons. The van der Waals surface area contributed by atoms with Gasteiger partial charge in [-0.3, -0.25) is 4.90 Å². The smallest absolute Gasteiger partial charge is 0.0625 e. The fourth-order valence-electron chi connectivity index (χ4n) is 2.14. The fraction of sp³-hybridized carbons (Fsp3) is 1.00. The highest BCUT2D eigenvalue weighted by molar-refractivity contribution is 4.91. The molecule has 0 amide bonds. The van der Waals surface area contributed by atoms with Crippen LogP contribution in [0.4, 0.5) is 0 Å². The number of hydrogen-bond donors (Lipinski definition) is 0. The Balaban J connectivity index is 1.68. The summed E-state index contributed by atoms with van der Waals surface area (Å²) < 4.78 is 5.65. The van der Waals surface area contributed by atoms with Crippen LogP contribution in [-0.2, 0) is 4.74 Å². The first-order valence-electron chi connectivity index (χ1n) is 5.64. The zero-order chi connectivity index (χ0) is 9.26. The van der Waals surface area contributed by atoms with E-state index in [0.29, 0.717) is 6.10 Å². The first-order chi connectivity index (χ1) is 6.27. The van der Waals surface area contributed by atoms with Gasteiger partial charge in [0.25, 0.3) is 0 Å². The van der Waals surface area contributed by atoms with E-state index < -0.39 is 0 Å². The van der Waals surface area contributed by atoms with Gasteiger partial charge in [0.05, 0.1) is 12.7 Å². The molecule has 1 saturated carbocycles. The Morgan fingerprint density at radius 2 is 2.08 bits per heavy atom. The first kappa shape index (κ1) is 9.47. The Kier molecular flexibility index (Phi) is 2.89. The van der Waals surface area contributed by atoms with E-state index in [4.69, 9.17) is 4.74 Å². The first-order valence-corrected chi connectivity index (χ1v) is 5.64. The molecule has 0 aromatic rings. The normalized spacial score (nSPS) is 30.2. The molecule has 0 aromatic carbocycles. The SMILES string of the molecule is CC(C)OC[C@@H]1CCN1C1CCC1. The topological polar surface area (TPSA) is 12.5 Å². The summed E-state index contributed by atoms with van der Waals surface area (Å²) in [5, 5.41) is 0. The number of ether oxygens (including phenoxy) is 1. The van der Waals surface area contributed by atoms with Crippen molar-refractivity contribution in [1.82, 2.24) is 4.90 Å². The predicted octanol–water partition coefficient (Wildman–Crippen LogP) is 2.04. The van der Waals surface area contributed by atoms with E-state index in [1.807, 2.05) is 0 Å². The molecular formula is C11H21NO. The van der Waals surface area contributed by atoms with E-state index >= 15 is 0 Å². The highest BCUT2D eigenvalue weighted by atomic mass is 16.5. The van der Waals surface area contributed by atoms with Gasteiger partial charge in [-0.1, -0.05) is 6.42 Å². The van der Waals surface area contributed by atoms with Crippen molar-refractivity contribution >= 4 is 0 Å². The summed E-state index contributed by atoms with van der Waals surface area (Å²) in [5.74, 6) is 0. The molecule has 76 valence electrons. The lowest BCUT2D eigenvalue weighted by Gasteiger charge is -2.49. The third-order valence-corrected chi connectivity index (χ3v) is 3.36. The maximum absolute atomic E-state index is 5.65. The van der Waals surface area contributed by atoms with Crippen LogP contribution in [0.5, 0.6) is 0 Å². The summed E-state index contributed by atoms with van der Waals surface area (Å²) >= 11 is 0. The summed E-state index contributed by atoms with van der Waals surface area (Å²) in [7, 11) is 0. The van der Waals surface area contributed by atoms with Gasteiger partial charge in [-0.05, 0) is 33.1 Å². The number of likely N-dealkylation sites (tertiary alicyclic amines) is 1. The molecule has 0 N–H and O–H groups in total. The van der Waals surface area contributed by atoms with Crippen LogP contribution in [0.25, 0.3) is 0 Å². The standard InChI is InChI=1S/C11H21NO/c1-9(2)13-8-11-6-7-12(11)10-4-3-5-10/h9-11H,3-8H2,1-2H3/t11-/m0/s1. The van der Waals surface area contributed by atoms with Gasteiger partial charge in [-0.25, -0.2) is 0 Å². The van der Waals surface area contributed by atoms with Crippen LogP contribution >= 0.6 is 0 Å².